The van der Waals surface area contributed by atoms with Crippen molar-refractivity contribution in [1.82, 2.24) is 0 Å². The van der Waals surface area contributed by atoms with E-state index in [4.69, 9.17) is 4.99 Å². The average Bonchev–Trinajstić information content (AvgIpc) is 2.75. The lowest BCUT2D eigenvalue weighted by molar-refractivity contribution is -0.115. The predicted octanol–water partition coefficient (Wildman–Crippen LogP) is 6.65. The van der Waals surface area contributed by atoms with E-state index in [9.17, 15) is 4.79 Å². The first kappa shape index (κ1) is 19.8. The minimum absolute atomic E-state index is 0.0305. The van der Waals surface area contributed by atoms with Gasteiger partial charge in [0.05, 0.1) is 5.69 Å². The molecular formula is C24H22N2OS2. The summed E-state index contributed by atoms with van der Waals surface area (Å²) in [6, 6.07) is 24.2. The second-order valence-electron chi connectivity index (χ2n) is 7.01. The van der Waals surface area contributed by atoms with Crippen LogP contribution in [0.5, 0.6) is 0 Å². The van der Waals surface area contributed by atoms with Gasteiger partial charge >= 0.3 is 0 Å². The quantitative estimate of drug-likeness (QED) is 0.516. The van der Waals surface area contributed by atoms with Crippen molar-refractivity contribution < 1.29 is 4.79 Å². The van der Waals surface area contributed by atoms with E-state index < -0.39 is 0 Å². The zero-order valence-electron chi connectivity index (χ0n) is 16.4. The van der Waals surface area contributed by atoms with Crippen LogP contribution < -0.4 is 5.32 Å². The summed E-state index contributed by atoms with van der Waals surface area (Å²) in [5.74, 6) is 0.847. The van der Waals surface area contributed by atoms with Gasteiger partial charge in [-0.3, -0.25) is 4.79 Å². The highest BCUT2D eigenvalue weighted by molar-refractivity contribution is 8.38. The average molecular weight is 419 g/mol. The maximum atomic E-state index is 13.3. The Morgan fingerprint density at radius 3 is 2.62 bits per heavy atom. The molecule has 1 aliphatic heterocycles. The van der Waals surface area contributed by atoms with Crippen LogP contribution in [0.4, 0.5) is 11.4 Å². The van der Waals surface area contributed by atoms with Crippen molar-refractivity contribution in [1.29, 1.82) is 0 Å². The third-order valence-corrected chi connectivity index (χ3v) is 7.22. The number of aliphatic imine (C=N–C) groups is 1. The molecule has 5 heteroatoms. The topological polar surface area (TPSA) is 41.5 Å². The molecule has 1 amide bonds. The summed E-state index contributed by atoms with van der Waals surface area (Å²) < 4.78 is 0.925. The number of aryl methyl sites for hydroxylation is 2. The Bertz CT molecular complexity index is 1060. The van der Waals surface area contributed by atoms with E-state index in [2.05, 4.69) is 17.4 Å². The van der Waals surface area contributed by atoms with Gasteiger partial charge in [-0.15, -0.1) is 0 Å². The van der Waals surface area contributed by atoms with Gasteiger partial charge in [0.25, 0.3) is 0 Å². The molecular weight excluding hydrogens is 396 g/mol. The van der Waals surface area contributed by atoms with Gasteiger partial charge in [0, 0.05) is 11.4 Å². The highest BCUT2D eigenvalue weighted by Gasteiger charge is 2.26. The lowest BCUT2D eigenvalue weighted by atomic mass is 10.1. The second-order valence-corrected chi connectivity index (χ2v) is 9.33. The van der Waals surface area contributed by atoms with Crippen molar-refractivity contribution in [3.63, 3.8) is 0 Å². The molecule has 146 valence electrons. The van der Waals surface area contributed by atoms with Crippen molar-refractivity contribution in [2.24, 2.45) is 4.99 Å². The molecule has 4 rings (SSSR count). The van der Waals surface area contributed by atoms with Gasteiger partial charge in [-0.05, 0) is 48.2 Å². The molecule has 0 bridgehead atoms. The fourth-order valence-electron chi connectivity index (χ4n) is 3.14. The Morgan fingerprint density at radius 2 is 1.79 bits per heavy atom. The first-order valence-corrected chi connectivity index (χ1v) is 11.4. The van der Waals surface area contributed by atoms with E-state index in [0.29, 0.717) is 0 Å². The number of nitrogens with one attached hydrogen (secondary N) is 1. The maximum Gasteiger partial charge on any atom is 0.242 e. The Hall–Kier alpha value is -2.50. The van der Waals surface area contributed by atoms with E-state index in [1.54, 1.807) is 11.8 Å². The summed E-state index contributed by atoms with van der Waals surface area (Å²) in [4.78, 5) is 18.1. The first-order valence-electron chi connectivity index (χ1n) is 9.49. The number of carbonyl (C=O) groups excluding carboxylic acids is 1. The van der Waals surface area contributed by atoms with E-state index >= 15 is 0 Å². The molecule has 0 radical (unpaired) electrons. The molecule has 29 heavy (non-hydrogen) atoms. The molecule has 3 nitrogen and oxygen atoms in total. The number of thioether (sulfide) groups is 2. The number of anilines is 1. The molecule has 1 heterocycles. The third-order valence-electron chi connectivity index (χ3n) is 4.76. The number of fused-ring (bicyclic) bond motifs is 1. The van der Waals surface area contributed by atoms with Crippen LogP contribution in [-0.2, 0) is 10.5 Å². The Kier molecular flexibility index (Phi) is 6.07. The molecule has 0 aromatic heterocycles. The summed E-state index contributed by atoms with van der Waals surface area (Å²) in [5, 5.41) is 2.77. The summed E-state index contributed by atoms with van der Waals surface area (Å²) in [7, 11) is 0. The maximum absolute atomic E-state index is 13.3. The molecule has 1 atom stereocenters. The summed E-state index contributed by atoms with van der Waals surface area (Å²) in [6.45, 7) is 4.04. The number of para-hydroxylation sites is 1. The molecule has 0 spiro atoms. The molecule has 1 N–H and O–H groups in total. The van der Waals surface area contributed by atoms with E-state index in [1.807, 2.05) is 74.5 Å². The van der Waals surface area contributed by atoms with E-state index in [-0.39, 0.29) is 11.2 Å². The number of benzene rings is 3. The van der Waals surface area contributed by atoms with Crippen LogP contribution in [-0.4, -0.2) is 10.3 Å². The SMILES string of the molecule is Cc1ccc(C)c(NC(=O)[C@H](SC2=Nc3ccccc3CS2)c2ccccc2)c1. The third kappa shape index (κ3) is 4.74. The zero-order valence-corrected chi connectivity index (χ0v) is 18.0. The van der Waals surface area contributed by atoms with Gasteiger partial charge in [-0.2, -0.15) is 0 Å². The first-order chi connectivity index (χ1) is 14.1. The van der Waals surface area contributed by atoms with Crippen molar-refractivity contribution >= 4 is 45.2 Å². The molecule has 0 fully saturated rings. The zero-order chi connectivity index (χ0) is 20.2. The monoisotopic (exact) mass is 418 g/mol. The number of amides is 1. The minimum Gasteiger partial charge on any atom is -0.325 e. The minimum atomic E-state index is -0.368. The molecule has 3 aromatic carbocycles. The Labute approximate surface area is 180 Å². The van der Waals surface area contributed by atoms with Crippen LogP contribution in [0.3, 0.4) is 0 Å². The largest absolute Gasteiger partial charge is 0.325 e. The fourth-order valence-corrected chi connectivity index (χ4v) is 5.38. The number of hydrogen-bond acceptors (Lipinski definition) is 4. The Morgan fingerprint density at radius 1 is 1.03 bits per heavy atom. The molecule has 0 unspecified atom stereocenters. The van der Waals surface area contributed by atoms with Crippen molar-refractivity contribution in [3.05, 3.63) is 95.1 Å². The van der Waals surface area contributed by atoms with Gasteiger partial charge in [0.15, 0.2) is 0 Å². The van der Waals surface area contributed by atoms with Gasteiger partial charge in [-0.25, -0.2) is 4.99 Å². The van der Waals surface area contributed by atoms with Gasteiger partial charge in [-0.1, -0.05) is 84.2 Å². The Balaban J connectivity index is 1.62. The number of hydrogen-bond donors (Lipinski definition) is 1. The van der Waals surface area contributed by atoms with Crippen LogP contribution >= 0.6 is 23.5 Å². The van der Waals surface area contributed by atoms with Crippen molar-refractivity contribution in [2.75, 3.05) is 5.32 Å². The van der Waals surface area contributed by atoms with Crippen LogP contribution in [0.25, 0.3) is 0 Å². The van der Waals surface area contributed by atoms with Crippen LogP contribution in [0.15, 0.2) is 77.8 Å². The smallest absolute Gasteiger partial charge is 0.242 e. The number of carbonyl (C=O) groups is 1. The lowest BCUT2D eigenvalue weighted by Crippen LogP contribution is -2.20. The predicted molar refractivity (Wildman–Crippen MR) is 126 cm³/mol. The summed E-state index contributed by atoms with van der Waals surface area (Å²) in [6.07, 6.45) is 0. The molecule has 3 aromatic rings. The number of rotatable bonds is 4. The fraction of sp³-hybridized carbons (Fsp3) is 0.167. The highest BCUT2D eigenvalue weighted by atomic mass is 32.2. The van der Waals surface area contributed by atoms with Gasteiger partial charge < -0.3 is 5.32 Å². The van der Waals surface area contributed by atoms with Crippen LogP contribution in [0.2, 0.25) is 0 Å². The molecule has 0 saturated heterocycles. The van der Waals surface area contributed by atoms with E-state index in [1.165, 1.54) is 17.3 Å². The van der Waals surface area contributed by atoms with Crippen molar-refractivity contribution in [3.8, 4) is 0 Å². The van der Waals surface area contributed by atoms with Gasteiger partial charge in [0.2, 0.25) is 5.91 Å². The lowest BCUT2D eigenvalue weighted by Gasteiger charge is -2.21. The van der Waals surface area contributed by atoms with Crippen LogP contribution in [0.1, 0.15) is 27.5 Å². The van der Waals surface area contributed by atoms with Gasteiger partial charge in [0.1, 0.15) is 9.63 Å². The van der Waals surface area contributed by atoms with E-state index in [0.717, 1.165) is 38.2 Å². The normalized spacial score (nSPS) is 13.9. The molecule has 0 aliphatic carbocycles. The van der Waals surface area contributed by atoms with Crippen molar-refractivity contribution in [2.45, 2.75) is 24.9 Å². The molecule has 1 aliphatic rings. The standard InChI is InChI=1S/C24H22N2OS2/c1-16-12-13-17(2)21(14-16)25-23(27)22(18-8-4-3-5-9-18)29-24-26-20-11-7-6-10-19(20)15-28-24/h3-14,22H,15H2,1-2H3,(H,25,27)/t22-/m1/s1. The van der Waals surface area contributed by atoms with Crippen LogP contribution in [0, 0.1) is 13.8 Å². The molecule has 0 saturated carbocycles. The number of nitrogens with zero attached hydrogens (tertiary/aromatic N) is 1. The summed E-state index contributed by atoms with van der Waals surface area (Å²) >= 11 is 3.21. The summed E-state index contributed by atoms with van der Waals surface area (Å²) in [5.41, 5.74) is 6.24. The highest BCUT2D eigenvalue weighted by Crippen LogP contribution is 2.40. The second kappa shape index (κ2) is 8.89.